The molecule has 3 aromatic rings. The van der Waals surface area contributed by atoms with Crippen LogP contribution in [0.25, 0.3) is 0 Å². The summed E-state index contributed by atoms with van der Waals surface area (Å²) >= 11 is 0. The van der Waals surface area contributed by atoms with Crippen LogP contribution < -0.4 is 20.4 Å². The van der Waals surface area contributed by atoms with Crippen LogP contribution in [-0.2, 0) is 12.7 Å². The lowest BCUT2D eigenvalue weighted by Gasteiger charge is -2.40. The van der Waals surface area contributed by atoms with E-state index in [2.05, 4.69) is 27.5 Å². The molecule has 2 amide bonds. The average Bonchev–Trinajstić information content (AvgIpc) is 3.39. The number of hydrogen-bond donors (Lipinski definition) is 2. The summed E-state index contributed by atoms with van der Waals surface area (Å²) in [6.45, 7) is 6.38. The molecule has 0 saturated carbocycles. The molecule has 1 aromatic carbocycles. The maximum atomic E-state index is 13.9. The molecule has 2 atom stereocenters. The molecule has 2 saturated heterocycles. The molecular weight excluding hydrogens is 542 g/mol. The largest absolute Gasteiger partial charge is 0.437 e. The summed E-state index contributed by atoms with van der Waals surface area (Å²) in [6, 6.07) is 9.07. The SMILES string of the molecule is CC1CCCN(c2nc(C(F)(F)F)c(CNc3ccc(N4CCN(C(=O)Nc5ccccc5F)CC4C)nc3)o2)C1. The monoisotopic (exact) mass is 575 g/mol. The first-order valence-electron chi connectivity index (χ1n) is 13.7. The van der Waals surface area contributed by atoms with Crippen LogP contribution in [0.4, 0.5) is 45.6 Å². The number of amides is 2. The topological polar surface area (TPSA) is 89.8 Å². The van der Waals surface area contributed by atoms with Gasteiger partial charge in [-0.05, 0) is 49.9 Å². The molecule has 2 N–H and O–H groups in total. The van der Waals surface area contributed by atoms with Crippen molar-refractivity contribution in [3.8, 4) is 0 Å². The molecule has 2 aliphatic heterocycles. The summed E-state index contributed by atoms with van der Waals surface area (Å²) in [4.78, 5) is 26.4. The fourth-order valence-electron chi connectivity index (χ4n) is 5.26. The van der Waals surface area contributed by atoms with E-state index in [0.29, 0.717) is 50.1 Å². The van der Waals surface area contributed by atoms with Gasteiger partial charge in [-0.1, -0.05) is 19.1 Å². The van der Waals surface area contributed by atoms with Crippen molar-refractivity contribution >= 4 is 29.2 Å². The Bertz CT molecular complexity index is 1350. The quantitative estimate of drug-likeness (QED) is 0.358. The Hall–Kier alpha value is -4.03. The maximum Gasteiger partial charge on any atom is 0.437 e. The van der Waals surface area contributed by atoms with Gasteiger partial charge in [0, 0.05) is 38.8 Å². The highest BCUT2D eigenvalue weighted by atomic mass is 19.4. The van der Waals surface area contributed by atoms with Crippen molar-refractivity contribution in [2.45, 2.75) is 45.5 Å². The van der Waals surface area contributed by atoms with E-state index < -0.39 is 17.7 Å². The number of halogens is 4. The van der Waals surface area contributed by atoms with E-state index in [1.807, 2.05) is 11.8 Å². The van der Waals surface area contributed by atoms with Crippen molar-refractivity contribution in [3.63, 3.8) is 0 Å². The van der Waals surface area contributed by atoms with Crippen LogP contribution in [0.15, 0.2) is 47.0 Å². The number of carbonyl (C=O) groups is 1. The van der Waals surface area contributed by atoms with Gasteiger partial charge in [-0.2, -0.15) is 18.2 Å². The van der Waals surface area contributed by atoms with Gasteiger partial charge in [-0.3, -0.25) is 0 Å². The Morgan fingerprint density at radius 2 is 1.90 bits per heavy atom. The number of urea groups is 1. The second-order valence-electron chi connectivity index (χ2n) is 10.6. The van der Waals surface area contributed by atoms with Crippen LogP contribution >= 0.6 is 0 Å². The van der Waals surface area contributed by atoms with Crippen molar-refractivity contribution < 1.29 is 26.8 Å². The van der Waals surface area contributed by atoms with E-state index in [1.54, 1.807) is 40.3 Å². The average molecular weight is 576 g/mol. The Labute approximate surface area is 235 Å². The number of hydrogen-bond acceptors (Lipinski definition) is 7. The number of rotatable bonds is 6. The third-order valence-electron chi connectivity index (χ3n) is 7.41. The minimum absolute atomic E-state index is 0.00450. The number of piperazine rings is 1. The minimum Gasteiger partial charge on any atom is -0.426 e. The second kappa shape index (κ2) is 11.8. The van der Waals surface area contributed by atoms with Crippen molar-refractivity contribution in [1.29, 1.82) is 0 Å². The maximum absolute atomic E-state index is 13.9. The number of oxazole rings is 1. The molecule has 2 unspecified atom stereocenters. The Kier molecular flexibility index (Phi) is 8.22. The number of carbonyl (C=O) groups excluding carboxylic acids is 1. The smallest absolute Gasteiger partial charge is 0.426 e. The molecule has 0 aliphatic carbocycles. The highest BCUT2D eigenvalue weighted by Gasteiger charge is 2.39. The second-order valence-corrected chi connectivity index (χ2v) is 10.6. The number of benzene rings is 1. The fraction of sp³-hybridized carbons (Fsp3) is 0.464. The van der Waals surface area contributed by atoms with Gasteiger partial charge < -0.3 is 29.8 Å². The summed E-state index contributed by atoms with van der Waals surface area (Å²) in [7, 11) is 0. The standard InChI is InChI=1S/C28H33F4N7O2/c1-18-6-5-11-38(16-18)27-36-25(28(30,31)32)23(41-27)15-33-20-9-10-24(34-14-20)39-13-12-37(17-19(39)2)26(40)35-22-8-4-3-7-21(22)29/h3-4,7-10,14,18-19,33H,5-6,11-13,15-17H2,1-2H3,(H,35,40). The van der Waals surface area contributed by atoms with Crippen LogP contribution in [0.2, 0.25) is 0 Å². The zero-order chi connectivity index (χ0) is 29.1. The first-order chi connectivity index (χ1) is 19.6. The van der Waals surface area contributed by atoms with Gasteiger partial charge in [0.1, 0.15) is 11.6 Å². The molecule has 5 rings (SSSR count). The molecule has 220 valence electrons. The van der Waals surface area contributed by atoms with Gasteiger partial charge in [0.25, 0.3) is 6.01 Å². The summed E-state index contributed by atoms with van der Waals surface area (Å²) in [5.41, 5.74) is -0.363. The number of piperidine rings is 1. The third-order valence-corrected chi connectivity index (χ3v) is 7.41. The summed E-state index contributed by atoms with van der Waals surface area (Å²) in [5, 5.41) is 5.57. The van der Waals surface area contributed by atoms with E-state index in [9.17, 15) is 22.4 Å². The fourth-order valence-corrected chi connectivity index (χ4v) is 5.26. The normalized spacial score (nSPS) is 19.8. The van der Waals surface area contributed by atoms with E-state index in [1.165, 1.54) is 12.1 Å². The lowest BCUT2D eigenvalue weighted by atomic mass is 10.0. The summed E-state index contributed by atoms with van der Waals surface area (Å²) in [6.07, 6.45) is -1.17. The lowest BCUT2D eigenvalue weighted by Crippen LogP contribution is -2.55. The highest BCUT2D eigenvalue weighted by molar-refractivity contribution is 5.89. The van der Waals surface area contributed by atoms with Crippen molar-refractivity contribution in [1.82, 2.24) is 14.9 Å². The number of aromatic nitrogens is 2. The number of anilines is 4. The minimum atomic E-state index is -4.63. The van der Waals surface area contributed by atoms with Gasteiger partial charge in [0.05, 0.1) is 24.1 Å². The summed E-state index contributed by atoms with van der Waals surface area (Å²) in [5.74, 6) is 0.265. The van der Waals surface area contributed by atoms with E-state index in [4.69, 9.17) is 4.42 Å². The molecule has 2 fully saturated rings. The van der Waals surface area contributed by atoms with Crippen LogP contribution in [0, 0.1) is 11.7 Å². The number of nitrogens with one attached hydrogen (secondary N) is 2. The third kappa shape index (κ3) is 6.66. The first-order valence-corrected chi connectivity index (χ1v) is 13.7. The number of para-hydroxylation sites is 1. The van der Waals surface area contributed by atoms with Gasteiger partial charge in [0.2, 0.25) is 0 Å². The predicted molar refractivity (Wildman–Crippen MR) is 147 cm³/mol. The van der Waals surface area contributed by atoms with Gasteiger partial charge in [-0.25, -0.2) is 14.2 Å². The Morgan fingerprint density at radius 3 is 2.59 bits per heavy atom. The highest BCUT2D eigenvalue weighted by Crippen LogP contribution is 2.35. The number of pyridine rings is 1. The zero-order valence-corrected chi connectivity index (χ0v) is 22.9. The zero-order valence-electron chi connectivity index (χ0n) is 22.9. The van der Waals surface area contributed by atoms with Gasteiger partial charge >= 0.3 is 12.2 Å². The predicted octanol–water partition coefficient (Wildman–Crippen LogP) is 5.82. The molecule has 4 heterocycles. The molecule has 2 aliphatic rings. The molecule has 41 heavy (non-hydrogen) atoms. The molecule has 13 heteroatoms. The molecule has 0 spiro atoms. The molecule has 2 aromatic heterocycles. The molecular formula is C28H33F4N7O2. The van der Waals surface area contributed by atoms with Crippen LogP contribution in [0.5, 0.6) is 0 Å². The summed E-state index contributed by atoms with van der Waals surface area (Å²) < 4.78 is 60.6. The van der Waals surface area contributed by atoms with Gasteiger partial charge in [-0.15, -0.1) is 0 Å². The van der Waals surface area contributed by atoms with Crippen molar-refractivity contribution in [2.75, 3.05) is 53.2 Å². The lowest BCUT2D eigenvalue weighted by molar-refractivity contribution is -0.141. The van der Waals surface area contributed by atoms with Crippen LogP contribution in [0.3, 0.4) is 0 Å². The van der Waals surface area contributed by atoms with E-state index >= 15 is 0 Å². The molecule has 9 nitrogen and oxygen atoms in total. The van der Waals surface area contributed by atoms with E-state index in [-0.39, 0.29) is 36.1 Å². The van der Waals surface area contributed by atoms with Crippen molar-refractivity contribution in [3.05, 3.63) is 59.9 Å². The number of nitrogens with zero attached hydrogens (tertiary/aromatic N) is 5. The Morgan fingerprint density at radius 1 is 1.10 bits per heavy atom. The van der Waals surface area contributed by atoms with Crippen molar-refractivity contribution in [2.24, 2.45) is 5.92 Å². The van der Waals surface area contributed by atoms with Gasteiger partial charge in [0.15, 0.2) is 11.5 Å². The van der Waals surface area contributed by atoms with E-state index in [0.717, 1.165) is 12.8 Å². The number of alkyl halides is 3. The molecule has 0 radical (unpaired) electrons. The first kappa shape index (κ1) is 28.5. The molecule has 0 bridgehead atoms. The Balaban J connectivity index is 1.19. The van der Waals surface area contributed by atoms with Crippen LogP contribution in [-0.4, -0.2) is 59.7 Å². The van der Waals surface area contributed by atoms with Crippen LogP contribution in [0.1, 0.15) is 38.1 Å².